The van der Waals surface area contributed by atoms with E-state index >= 15 is 0 Å². The van der Waals surface area contributed by atoms with E-state index in [9.17, 15) is 0 Å². The molecule has 0 aromatic heterocycles. The Morgan fingerprint density at radius 3 is 2.53 bits per heavy atom. The zero-order valence-corrected chi connectivity index (χ0v) is 11.2. The van der Waals surface area contributed by atoms with Crippen molar-refractivity contribution in [1.29, 1.82) is 0 Å². The van der Waals surface area contributed by atoms with Gasteiger partial charge < -0.3 is 10.4 Å². The molecule has 3 nitrogen and oxygen atoms in total. The number of nitrogens with one attached hydrogen (secondary N) is 1. The average Bonchev–Trinajstić information content (AvgIpc) is 2.38. The van der Waals surface area contributed by atoms with Gasteiger partial charge in [0.1, 0.15) is 0 Å². The Bertz CT molecular complexity index is 212. The van der Waals surface area contributed by atoms with E-state index < -0.39 is 0 Å². The third-order valence-electron chi connectivity index (χ3n) is 4.05. The molecule has 0 bridgehead atoms. The molecule has 1 rings (SSSR count). The minimum absolute atomic E-state index is 0.237. The van der Waals surface area contributed by atoms with Crippen molar-refractivity contribution in [2.24, 2.45) is 0 Å². The van der Waals surface area contributed by atoms with Gasteiger partial charge in [0, 0.05) is 25.2 Å². The molecule has 0 aliphatic heterocycles. The topological polar surface area (TPSA) is 35.5 Å². The summed E-state index contributed by atoms with van der Waals surface area (Å²) in [5.41, 5.74) is 0.340. The molecule has 17 heavy (non-hydrogen) atoms. The zero-order chi connectivity index (χ0) is 12.6. The summed E-state index contributed by atoms with van der Waals surface area (Å²) < 4.78 is 0. The number of hydrogen-bond donors (Lipinski definition) is 2. The Hall–Kier alpha value is -0.380. The van der Waals surface area contributed by atoms with Crippen molar-refractivity contribution in [3.05, 3.63) is 12.7 Å². The van der Waals surface area contributed by atoms with Gasteiger partial charge in [0.25, 0.3) is 0 Å². The summed E-state index contributed by atoms with van der Waals surface area (Å²) in [6.07, 6.45) is 9.77. The SMILES string of the molecule is C=CCN(CCO)CCC1(NC)CCCCC1. The lowest BCUT2D eigenvalue weighted by molar-refractivity contribution is 0.166. The molecule has 1 aliphatic carbocycles. The lowest BCUT2D eigenvalue weighted by Gasteiger charge is -2.38. The smallest absolute Gasteiger partial charge is 0.0558 e. The number of nitrogens with zero attached hydrogens (tertiary/aromatic N) is 1. The van der Waals surface area contributed by atoms with Crippen molar-refractivity contribution in [3.63, 3.8) is 0 Å². The quantitative estimate of drug-likeness (QED) is 0.635. The lowest BCUT2D eigenvalue weighted by atomic mass is 9.79. The summed E-state index contributed by atoms with van der Waals surface area (Å²) in [4.78, 5) is 2.28. The van der Waals surface area contributed by atoms with Crippen LogP contribution in [0.1, 0.15) is 38.5 Å². The predicted molar refractivity (Wildman–Crippen MR) is 73.2 cm³/mol. The van der Waals surface area contributed by atoms with Gasteiger partial charge in [-0.05, 0) is 26.3 Å². The lowest BCUT2D eigenvalue weighted by Crippen LogP contribution is -2.47. The molecule has 0 aromatic carbocycles. The molecular weight excluding hydrogens is 212 g/mol. The molecule has 0 atom stereocenters. The molecule has 3 heteroatoms. The Morgan fingerprint density at radius 2 is 2.00 bits per heavy atom. The van der Waals surface area contributed by atoms with Gasteiger partial charge in [-0.1, -0.05) is 25.3 Å². The normalized spacial score (nSPS) is 19.5. The first-order valence-corrected chi connectivity index (χ1v) is 6.89. The average molecular weight is 240 g/mol. The minimum Gasteiger partial charge on any atom is -0.395 e. The van der Waals surface area contributed by atoms with Crippen molar-refractivity contribution < 1.29 is 5.11 Å². The van der Waals surface area contributed by atoms with Crippen molar-refractivity contribution >= 4 is 0 Å². The molecule has 0 radical (unpaired) electrons. The summed E-state index contributed by atoms with van der Waals surface area (Å²) in [6.45, 7) is 6.69. The third kappa shape index (κ3) is 4.78. The predicted octanol–water partition coefficient (Wildman–Crippen LogP) is 1.78. The van der Waals surface area contributed by atoms with Crippen molar-refractivity contribution in [2.75, 3.05) is 33.3 Å². The van der Waals surface area contributed by atoms with Crippen LogP contribution in [0.2, 0.25) is 0 Å². The second kappa shape index (κ2) is 7.85. The largest absolute Gasteiger partial charge is 0.395 e. The molecule has 1 fully saturated rings. The monoisotopic (exact) mass is 240 g/mol. The van der Waals surface area contributed by atoms with E-state index in [2.05, 4.69) is 23.8 Å². The Morgan fingerprint density at radius 1 is 1.29 bits per heavy atom. The highest BCUT2D eigenvalue weighted by atomic mass is 16.3. The molecule has 0 unspecified atom stereocenters. The van der Waals surface area contributed by atoms with E-state index in [0.717, 1.165) is 19.6 Å². The molecule has 0 aromatic rings. The van der Waals surface area contributed by atoms with Gasteiger partial charge in [-0.3, -0.25) is 4.90 Å². The molecule has 1 saturated carbocycles. The molecule has 1 aliphatic rings. The first-order valence-electron chi connectivity index (χ1n) is 6.89. The van der Waals surface area contributed by atoms with Gasteiger partial charge in [-0.2, -0.15) is 0 Å². The molecule has 100 valence electrons. The second-order valence-corrected chi connectivity index (χ2v) is 5.15. The van der Waals surface area contributed by atoms with Crippen LogP contribution >= 0.6 is 0 Å². The molecule has 0 amide bonds. The molecule has 2 N–H and O–H groups in total. The zero-order valence-electron chi connectivity index (χ0n) is 11.2. The minimum atomic E-state index is 0.237. The van der Waals surface area contributed by atoms with Crippen LogP contribution in [0.5, 0.6) is 0 Å². The van der Waals surface area contributed by atoms with E-state index in [4.69, 9.17) is 5.11 Å². The number of rotatable bonds is 8. The van der Waals surface area contributed by atoms with E-state index in [1.54, 1.807) is 0 Å². The standard InChI is InChI=1S/C14H28N2O/c1-3-10-16(12-13-17)11-9-14(15-2)7-5-4-6-8-14/h3,15,17H,1,4-13H2,2H3. The first-order chi connectivity index (χ1) is 8.26. The number of hydrogen-bond acceptors (Lipinski definition) is 3. The summed E-state index contributed by atoms with van der Waals surface area (Å²) in [5, 5.41) is 12.6. The van der Waals surface area contributed by atoms with Crippen molar-refractivity contribution in [3.8, 4) is 0 Å². The van der Waals surface area contributed by atoms with E-state index in [1.165, 1.54) is 38.5 Å². The highest BCUT2D eigenvalue weighted by molar-refractivity contribution is 4.90. The number of aliphatic hydroxyl groups excluding tert-OH is 1. The number of aliphatic hydroxyl groups is 1. The maximum absolute atomic E-state index is 9.03. The van der Waals surface area contributed by atoms with Crippen LogP contribution in [-0.2, 0) is 0 Å². The Labute approximate surface area is 106 Å². The van der Waals surface area contributed by atoms with Crippen LogP contribution in [0.25, 0.3) is 0 Å². The summed E-state index contributed by atoms with van der Waals surface area (Å²) in [5.74, 6) is 0. The fraction of sp³-hybridized carbons (Fsp3) is 0.857. The highest BCUT2D eigenvalue weighted by Crippen LogP contribution is 2.30. The van der Waals surface area contributed by atoms with E-state index in [1.807, 2.05) is 6.08 Å². The van der Waals surface area contributed by atoms with Gasteiger partial charge in [0.2, 0.25) is 0 Å². The summed E-state index contributed by atoms with van der Waals surface area (Å²) >= 11 is 0. The van der Waals surface area contributed by atoms with Crippen LogP contribution in [0.15, 0.2) is 12.7 Å². The van der Waals surface area contributed by atoms with E-state index in [-0.39, 0.29) is 6.61 Å². The molecule has 0 saturated heterocycles. The third-order valence-corrected chi connectivity index (χ3v) is 4.05. The Kier molecular flexibility index (Phi) is 6.78. The van der Waals surface area contributed by atoms with Crippen LogP contribution in [0.4, 0.5) is 0 Å². The van der Waals surface area contributed by atoms with Crippen molar-refractivity contribution in [2.45, 2.75) is 44.1 Å². The Balaban J connectivity index is 2.41. The van der Waals surface area contributed by atoms with Gasteiger partial charge in [0.15, 0.2) is 0 Å². The van der Waals surface area contributed by atoms with Crippen molar-refractivity contribution in [1.82, 2.24) is 10.2 Å². The fourth-order valence-corrected chi connectivity index (χ4v) is 2.84. The van der Waals surface area contributed by atoms with Gasteiger partial charge in [-0.15, -0.1) is 6.58 Å². The van der Waals surface area contributed by atoms with E-state index in [0.29, 0.717) is 5.54 Å². The summed E-state index contributed by atoms with van der Waals surface area (Å²) in [6, 6.07) is 0. The van der Waals surface area contributed by atoms with Gasteiger partial charge in [-0.25, -0.2) is 0 Å². The van der Waals surface area contributed by atoms with Gasteiger partial charge >= 0.3 is 0 Å². The highest BCUT2D eigenvalue weighted by Gasteiger charge is 2.29. The summed E-state index contributed by atoms with van der Waals surface area (Å²) in [7, 11) is 2.09. The van der Waals surface area contributed by atoms with Crippen LogP contribution < -0.4 is 5.32 Å². The molecule has 0 heterocycles. The van der Waals surface area contributed by atoms with Crippen LogP contribution in [0.3, 0.4) is 0 Å². The van der Waals surface area contributed by atoms with Crippen LogP contribution in [-0.4, -0.2) is 48.8 Å². The fourth-order valence-electron chi connectivity index (χ4n) is 2.84. The van der Waals surface area contributed by atoms with Gasteiger partial charge in [0.05, 0.1) is 6.61 Å². The molecule has 0 spiro atoms. The maximum Gasteiger partial charge on any atom is 0.0558 e. The maximum atomic E-state index is 9.03. The first kappa shape index (κ1) is 14.7. The second-order valence-electron chi connectivity index (χ2n) is 5.15. The van der Waals surface area contributed by atoms with Crippen LogP contribution in [0, 0.1) is 0 Å². The molecular formula is C14H28N2O.